The molecule has 0 radical (unpaired) electrons. The molecule has 6 nitrogen and oxygen atoms in total. The Bertz CT molecular complexity index is 590. The number of H-pyrrole nitrogens is 1. The predicted octanol–water partition coefficient (Wildman–Crippen LogP) is 1.42. The lowest BCUT2D eigenvalue weighted by atomic mass is 10.4. The van der Waals surface area contributed by atoms with Crippen LogP contribution in [0, 0.1) is 0 Å². The van der Waals surface area contributed by atoms with E-state index >= 15 is 0 Å². The van der Waals surface area contributed by atoms with Gasteiger partial charge in [0.2, 0.25) is 0 Å². The minimum atomic E-state index is -0.346. The third-order valence-corrected chi connectivity index (χ3v) is 2.65. The molecule has 2 heterocycles. The van der Waals surface area contributed by atoms with Crippen molar-refractivity contribution in [3.63, 3.8) is 0 Å². The number of hydrogen-bond donors (Lipinski definition) is 2. The van der Waals surface area contributed by atoms with Crippen molar-refractivity contribution in [2.45, 2.75) is 13.1 Å². The highest BCUT2D eigenvalue weighted by Gasteiger charge is 2.08. The summed E-state index contributed by atoms with van der Waals surface area (Å²) in [5, 5.41) is 7.09. The topological polar surface area (TPSA) is 75.6 Å². The van der Waals surface area contributed by atoms with Crippen LogP contribution in [0.1, 0.15) is 5.82 Å². The summed E-state index contributed by atoms with van der Waals surface area (Å²) in [6.07, 6.45) is 6.47. The predicted molar refractivity (Wildman–Crippen MR) is 69.6 cm³/mol. The maximum atomic E-state index is 11.8. The molecule has 0 atom stereocenters. The van der Waals surface area contributed by atoms with Crippen LogP contribution in [0.2, 0.25) is 5.02 Å². The zero-order valence-corrected chi connectivity index (χ0v) is 10.3. The van der Waals surface area contributed by atoms with Gasteiger partial charge in [-0.15, -0.1) is 6.58 Å². The highest BCUT2D eigenvalue weighted by atomic mass is 35.5. The van der Waals surface area contributed by atoms with Gasteiger partial charge >= 0.3 is 0 Å². The van der Waals surface area contributed by atoms with Crippen molar-refractivity contribution in [2.75, 3.05) is 5.32 Å². The second-order valence-corrected chi connectivity index (χ2v) is 3.92. The number of rotatable bonds is 5. The largest absolute Gasteiger partial charge is 0.375 e. The van der Waals surface area contributed by atoms with Crippen LogP contribution in [0.15, 0.2) is 36.0 Å². The highest BCUT2D eigenvalue weighted by molar-refractivity contribution is 6.32. The summed E-state index contributed by atoms with van der Waals surface area (Å²) in [7, 11) is 0. The molecule has 18 heavy (non-hydrogen) atoms. The summed E-state index contributed by atoms with van der Waals surface area (Å²) >= 11 is 5.97. The SMILES string of the molecule is C=CCn1ncc(NCc2ncc[nH]2)c(Cl)c1=O. The fraction of sp³-hybridized carbons (Fsp3) is 0.182. The molecule has 0 amide bonds. The molecule has 2 N–H and O–H groups in total. The lowest BCUT2D eigenvalue weighted by molar-refractivity contribution is 0.653. The first-order valence-electron chi connectivity index (χ1n) is 5.31. The maximum Gasteiger partial charge on any atom is 0.287 e. The van der Waals surface area contributed by atoms with E-state index in [-0.39, 0.29) is 10.6 Å². The number of nitrogens with one attached hydrogen (secondary N) is 2. The van der Waals surface area contributed by atoms with Crippen molar-refractivity contribution in [1.82, 2.24) is 19.7 Å². The molecule has 0 saturated carbocycles. The molecule has 0 spiro atoms. The van der Waals surface area contributed by atoms with E-state index in [2.05, 4.69) is 27.0 Å². The Morgan fingerprint density at radius 2 is 2.44 bits per heavy atom. The Hall–Kier alpha value is -2.08. The second kappa shape index (κ2) is 5.50. The molecule has 0 aliphatic rings. The summed E-state index contributed by atoms with van der Waals surface area (Å²) in [5.74, 6) is 0.751. The van der Waals surface area contributed by atoms with Crippen LogP contribution in [0.5, 0.6) is 0 Å². The molecular formula is C11H12ClN5O. The molecule has 0 fully saturated rings. The molecule has 7 heteroatoms. The Morgan fingerprint density at radius 3 is 3.11 bits per heavy atom. The van der Waals surface area contributed by atoms with Gasteiger partial charge in [-0.1, -0.05) is 17.7 Å². The van der Waals surface area contributed by atoms with E-state index in [1.807, 2.05) is 0 Å². The lowest BCUT2D eigenvalue weighted by Crippen LogP contribution is -2.23. The van der Waals surface area contributed by atoms with Gasteiger partial charge in [-0.25, -0.2) is 9.67 Å². The van der Waals surface area contributed by atoms with Crippen molar-refractivity contribution < 1.29 is 0 Å². The summed E-state index contributed by atoms with van der Waals surface area (Å²) in [5.41, 5.74) is 0.138. The zero-order valence-electron chi connectivity index (χ0n) is 9.56. The molecular weight excluding hydrogens is 254 g/mol. The Morgan fingerprint density at radius 1 is 1.61 bits per heavy atom. The molecule has 0 saturated heterocycles. The Kier molecular flexibility index (Phi) is 3.78. The number of nitrogens with zero attached hydrogens (tertiary/aromatic N) is 3. The molecule has 0 aliphatic carbocycles. The zero-order chi connectivity index (χ0) is 13.0. The van der Waals surface area contributed by atoms with Crippen LogP contribution in [-0.2, 0) is 13.1 Å². The average Bonchev–Trinajstić information content (AvgIpc) is 2.87. The number of halogens is 1. The summed E-state index contributed by atoms with van der Waals surface area (Å²) < 4.78 is 1.24. The number of aromatic nitrogens is 4. The quantitative estimate of drug-likeness (QED) is 0.802. The summed E-state index contributed by atoms with van der Waals surface area (Å²) in [6, 6.07) is 0. The van der Waals surface area contributed by atoms with Crippen molar-refractivity contribution in [3.05, 3.63) is 52.4 Å². The van der Waals surface area contributed by atoms with E-state index in [4.69, 9.17) is 11.6 Å². The Labute approximate surface area is 108 Å². The van der Waals surface area contributed by atoms with Gasteiger partial charge in [0.25, 0.3) is 5.56 Å². The van der Waals surface area contributed by atoms with Crippen LogP contribution in [-0.4, -0.2) is 19.7 Å². The van der Waals surface area contributed by atoms with Crippen molar-refractivity contribution in [1.29, 1.82) is 0 Å². The van der Waals surface area contributed by atoms with E-state index in [1.54, 1.807) is 18.5 Å². The number of imidazole rings is 1. The summed E-state index contributed by atoms with van der Waals surface area (Å²) in [6.45, 7) is 4.32. The van der Waals surface area contributed by atoms with E-state index in [1.165, 1.54) is 10.9 Å². The Balaban J connectivity index is 2.16. The van der Waals surface area contributed by atoms with E-state index in [0.717, 1.165) is 5.82 Å². The molecule has 2 aromatic heterocycles. The van der Waals surface area contributed by atoms with Gasteiger partial charge in [0.05, 0.1) is 25.0 Å². The average molecular weight is 266 g/mol. The van der Waals surface area contributed by atoms with Gasteiger partial charge < -0.3 is 10.3 Å². The number of allylic oxidation sites excluding steroid dienone is 1. The van der Waals surface area contributed by atoms with Crippen LogP contribution in [0.25, 0.3) is 0 Å². The molecule has 2 aromatic rings. The van der Waals surface area contributed by atoms with Crippen molar-refractivity contribution in [2.24, 2.45) is 0 Å². The van der Waals surface area contributed by atoms with Crippen LogP contribution >= 0.6 is 11.6 Å². The fourth-order valence-corrected chi connectivity index (χ4v) is 1.63. The first-order chi connectivity index (χ1) is 8.72. The van der Waals surface area contributed by atoms with Crippen molar-refractivity contribution >= 4 is 17.3 Å². The van der Waals surface area contributed by atoms with Gasteiger partial charge in [0, 0.05) is 12.4 Å². The second-order valence-electron chi connectivity index (χ2n) is 3.54. The first kappa shape index (κ1) is 12.4. The highest BCUT2D eigenvalue weighted by Crippen LogP contribution is 2.15. The molecule has 94 valence electrons. The number of anilines is 1. The van der Waals surface area contributed by atoms with Crippen molar-refractivity contribution in [3.8, 4) is 0 Å². The third-order valence-electron chi connectivity index (χ3n) is 2.29. The van der Waals surface area contributed by atoms with Gasteiger partial charge in [-0.2, -0.15) is 5.10 Å². The molecule has 2 rings (SSSR count). The smallest absolute Gasteiger partial charge is 0.287 e. The van der Waals surface area contributed by atoms with Crippen LogP contribution in [0.4, 0.5) is 5.69 Å². The summed E-state index contributed by atoms with van der Waals surface area (Å²) in [4.78, 5) is 18.8. The van der Waals surface area contributed by atoms with Gasteiger partial charge in [0.1, 0.15) is 10.8 Å². The molecule has 0 aliphatic heterocycles. The fourth-order valence-electron chi connectivity index (χ4n) is 1.41. The van der Waals surface area contributed by atoms with Gasteiger partial charge in [-0.3, -0.25) is 4.79 Å². The lowest BCUT2D eigenvalue weighted by Gasteiger charge is -2.08. The number of hydrogen-bond acceptors (Lipinski definition) is 4. The number of aromatic amines is 1. The van der Waals surface area contributed by atoms with Crippen LogP contribution < -0.4 is 10.9 Å². The standard InChI is InChI=1S/C11H12ClN5O/c1-2-5-17-11(18)10(12)8(6-16-17)15-7-9-13-3-4-14-9/h2-4,6,15H,1,5,7H2,(H,13,14). The maximum absolute atomic E-state index is 11.8. The molecule has 0 unspecified atom stereocenters. The van der Waals surface area contributed by atoms with E-state index < -0.39 is 0 Å². The van der Waals surface area contributed by atoms with Gasteiger partial charge in [0.15, 0.2) is 0 Å². The molecule has 0 aromatic carbocycles. The minimum absolute atomic E-state index is 0.110. The normalized spacial score (nSPS) is 10.3. The van der Waals surface area contributed by atoms with E-state index in [9.17, 15) is 4.79 Å². The first-order valence-corrected chi connectivity index (χ1v) is 5.69. The minimum Gasteiger partial charge on any atom is -0.375 e. The van der Waals surface area contributed by atoms with E-state index in [0.29, 0.717) is 18.8 Å². The molecule has 0 bridgehead atoms. The third kappa shape index (κ3) is 2.60. The van der Waals surface area contributed by atoms with Crippen LogP contribution in [0.3, 0.4) is 0 Å². The monoisotopic (exact) mass is 265 g/mol. The van der Waals surface area contributed by atoms with Gasteiger partial charge in [-0.05, 0) is 0 Å².